The molecule has 1 aromatic carbocycles. The highest BCUT2D eigenvalue weighted by Gasteiger charge is 2.38. The van der Waals surface area contributed by atoms with Crippen LogP contribution in [0.2, 0.25) is 0 Å². The average molecular weight is 265 g/mol. The van der Waals surface area contributed by atoms with Gasteiger partial charge in [0.1, 0.15) is 0 Å². The molecule has 1 aromatic rings. The number of nitro groups is 1. The molecule has 0 amide bonds. The van der Waals surface area contributed by atoms with Crippen molar-refractivity contribution in [3.8, 4) is 0 Å². The van der Waals surface area contributed by atoms with Gasteiger partial charge in [0, 0.05) is 31.8 Å². The molecule has 1 heterocycles. The number of hydrogen-bond acceptors (Lipinski definition) is 5. The molecule has 0 radical (unpaired) electrons. The normalized spacial score (nSPS) is 16.6. The highest BCUT2D eigenvalue weighted by molar-refractivity contribution is 5.68. The molecule has 1 fully saturated rings. The Labute approximate surface area is 109 Å². The van der Waals surface area contributed by atoms with E-state index in [1.54, 1.807) is 12.1 Å². The molecule has 7 nitrogen and oxygen atoms in total. The van der Waals surface area contributed by atoms with E-state index in [2.05, 4.69) is 10.6 Å². The first-order chi connectivity index (χ1) is 9.01. The lowest BCUT2D eigenvalue weighted by molar-refractivity contribution is -0.384. The van der Waals surface area contributed by atoms with E-state index in [-0.39, 0.29) is 12.1 Å². The molecule has 1 saturated heterocycles. The summed E-state index contributed by atoms with van der Waals surface area (Å²) in [5, 5.41) is 25.8. The highest BCUT2D eigenvalue weighted by atomic mass is 16.6. The minimum atomic E-state index is -0.854. The van der Waals surface area contributed by atoms with Gasteiger partial charge in [-0.05, 0) is 5.56 Å². The zero-order valence-electron chi connectivity index (χ0n) is 10.3. The number of benzene rings is 1. The minimum absolute atomic E-state index is 0.0366. The van der Waals surface area contributed by atoms with Gasteiger partial charge in [-0.25, -0.2) is 0 Å². The summed E-state index contributed by atoms with van der Waals surface area (Å²) in [6, 6.07) is 6.33. The fourth-order valence-corrected chi connectivity index (χ4v) is 2.10. The summed E-state index contributed by atoms with van der Waals surface area (Å²) < 4.78 is 0. The van der Waals surface area contributed by atoms with E-state index in [0.717, 1.165) is 5.56 Å². The van der Waals surface area contributed by atoms with Crippen molar-refractivity contribution in [1.82, 2.24) is 10.6 Å². The van der Waals surface area contributed by atoms with Gasteiger partial charge in [-0.1, -0.05) is 12.1 Å². The zero-order valence-corrected chi connectivity index (χ0v) is 10.3. The first-order valence-corrected chi connectivity index (χ1v) is 5.92. The van der Waals surface area contributed by atoms with Crippen molar-refractivity contribution in [2.75, 3.05) is 13.1 Å². The molecule has 1 aliphatic rings. The number of aliphatic carboxylic acids is 1. The van der Waals surface area contributed by atoms with Crippen molar-refractivity contribution in [3.63, 3.8) is 0 Å². The van der Waals surface area contributed by atoms with Gasteiger partial charge in [0.15, 0.2) is 0 Å². The van der Waals surface area contributed by atoms with Crippen LogP contribution in [0.3, 0.4) is 0 Å². The van der Waals surface area contributed by atoms with E-state index < -0.39 is 16.4 Å². The number of nitro benzene ring substituents is 1. The zero-order chi connectivity index (χ0) is 13.9. The highest BCUT2D eigenvalue weighted by Crippen LogP contribution is 2.18. The number of non-ortho nitro benzene ring substituents is 1. The number of nitrogens with zero attached hydrogens (tertiary/aromatic N) is 1. The van der Waals surface area contributed by atoms with Crippen LogP contribution in [0.15, 0.2) is 24.3 Å². The molecule has 0 aliphatic carbocycles. The fraction of sp³-hybridized carbons (Fsp3) is 0.417. The Balaban J connectivity index is 1.99. The topological polar surface area (TPSA) is 104 Å². The Morgan fingerprint density at radius 1 is 1.53 bits per heavy atom. The third kappa shape index (κ3) is 3.27. The Bertz CT molecular complexity index is 500. The smallest absolute Gasteiger partial charge is 0.305 e. The molecule has 0 spiro atoms. The Morgan fingerprint density at radius 3 is 2.79 bits per heavy atom. The van der Waals surface area contributed by atoms with E-state index >= 15 is 0 Å². The van der Waals surface area contributed by atoms with Crippen LogP contribution in [0.25, 0.3) is 0 Å². The summed E-state index contributed by atoms with van der Waals surface area (Å²) >= 11 is 0. The second-order valence-corrected chi connectivity index (χ2v) is 4.73. The third-order valence-electron chi connectivity index (χ3n) is 3.21. The van der Waals surface area contributed by atoms with Crippen molar-refractivity contribution in [1.29, 1.82) is 0 Å². The third-order valence-corrected chi connectivity index (χ3v) is 3.21. The number of carboxylic acids is 1. The van der Waals surface area contributed by atoms with Crippen LogP contribution < -0.4 is 10.6 Å². The maximum absolute atomic E-state index is 10.8. The lowest BCUT2D eigenvalue weighted by Crippen LogP contribution is -2.68. The Hall–Kier alpha value is -1.99. The Morgan fingerprint density at radius 2 is 2.26 bits per heavy atom. The van der Waals surface area contributed by atoms with Gasteiger partial charge in [0.05, 0.1) is 16.9 Å². The molecule has 7 heteroatoms. The van der Waals surface area contributed by atoms with Gasteiger partial charge in [-0.2, -0.15) is 0 Å². The predicted molar refractivity (Wildman–Crippen MR) is 67.8 cm³/mol. The maximum atomic E-state index is 10.8. The largest absolute Gasteiger partial charge is 0.481 e. The van der Waals surface area contributed by atoms with Crippen LogP contribution in [0.1, 0.15) is 12.0 Å². The molecular weight excluding hydrogens is 250 g/mol. The summed E-state index contributed by atoms with van der Waals surface area (Å²) in [6.07, 6.45) is 0.0366. The number of rotatable bonds is 6. The summed E-state index contributed by atoms with van der Waals surface area (Å²) in [5.74, 6) is -0.854. The van der Waals surface area contributed by atoms with Crippen molar-refractivity contribution in [2.24, 2.45) is 0 Å². The molecule has 0 unspecified atom stereocenters. The minimum Gasteiger partial charge on any atom is -0.481 e. The Kier molecular flexibility index (Phi) is 3.77. The SMILES string of the molecule is O=C(O)CC1(NCc2cccc([N+](=O)[O-])c2)CNC1. The molecule has 2 rings (SSSR count). The van der Waals surface area contributed by atoms with Crippen LogP contribution >= 0.6 is 0 Å². The first kappa shape index (κ1) is 13.4. The second-order valence-electron chi connectivity index (χ2n) is 4.73. The van der Waals surface area contributed by atoms with Crippen molar-refractivity contribution in [2.45, 2.75) is 18.5 Å². The molecule has 0 aromatic heterocycles. The van der Waals surface area contributed by atoms with Gasteiger partial charge in [-0.15, -0.1) is 0 Å². The molecule has 1 aliphatic heterocycles. The van der Waals surface area contributed by atoms with E-state index in [1.807, 2.05) is 0 Å². The summed E-state index contributed by atoms with van der Waals surface area (Å²) in [7, 11) is 0. The lowest BCUT2D eigenvalue weighted by Gasteiger charge is -2.42. The summed E-state index contributed by atoms with van der Waals surface area (Å²) in [6.45, 7) is 1.60. The molecule has 0 saturated carbocycles. The van der Waals surface area contributed by atoms with E-state index in [0.29, 0.717) is 19.6 Å². The molecule has 102 valence electrons. The molecule has 0 bridgehead atoms. The van der Waals surface area contributed by atoms with Gasteiger partial charge < -0.3 is 15.7 Å². The van der Waals surface area contributed by atoms with Gasteiger partial charge in [-0.3, -0.25) is 14.9 Å². The number of carbonyl (C=O) groups is 1. The van der Waals surface area contributed by atoms with Crippen molar-refractivity contribution >= 4 is 11.7 Å². The van der Waals surface area contributed by atoms with Gasteiger partial charge >= 0.3 is 5.97 Å². The molecule has 3 N–H and O–H groups in total. The van der Waals surface area contributed by atoms with Crippen LogP contribution in [-0.2, 0) is 11.3 Å². The van der Waals surface area contributed by atoms with Crippen molar-refractivity contribution in [3.05, 3.63) is 39.9 Å². The van der Waals surface area contributed by atoms with E-state index in [4.69, 9.17) is 5.11 Å². The quantitative estimate of drug-likeness (QED) is 0.511. The van der Waals surface area contributed by atoms with Gasteiger partial charge in [0.2, 0.25) is 0 Å². The maximum Gasteiger partial charge on any atom is 0.305 e. The number of carboxylic acid groups (broad SMARTS) is 1. The lowest BCUT2D eigenvalue weighted by atomic mass is 9.88. The van der Waals surface area contributed by atoms with Gasteiger partial charge in [0.25, 0.3) is 5.69 Å². The van der Waals surface area contributed by atoms with Crippen LogP contribution in [0.5, 0.6) is 0 Å². The van der Waals surface area contributed by atoms with E-state index in [9.17, 15) is 14.9 Å². The van der Waals surface area contributed by atoms with Crippen molar-refractivity contribution < 1.29 is 14.8 Å². The van der Waals surface area contributed by atoms with Crippen LogP contribution in [0.4, 0.5) is 5.69 Å². The molecule has 19 heavy (non-hydrogen) atoms. The number of hydrogen-bond donors (Lipinski definition) is 3. The fourth-order valence-electron chi connectivity index (χ4n) is 2.10. The monoisotopic (exact) mass is 265 g/mol. The molecular formula is C12H15N3O4. The molecule has 0 atom stereocenters. The second kappa shape index (κ2) is 5.33. The standard InChI is InChI=1S/C12H15N3O4/c16-11(17)5-12(7-13-8-12)14-6-9-2-1-3-10(4-9)15(18)19/h1-4,13-14H,5-8H2,(H,16,17). The summed E-state index contributed by atoms with van der Waals surface area (Å²) in [5.41, 5.74) is 0.361. The van der Waals surface area contributed by atoms with Crippen LogP contribution in [0, 0.1) is 10.1 Å². The first-order valence-electron chi connectivity index (χ1n) is 5.92. The predicted octanol–water partition coefficient (Wildman–Crippen LogP) is 0.501. The summed E-state index contributed by atoms with van der Waals surface area (Å²) in [4.78, 5) is 21.0. The average Bonchev–Trinajstić information content (AvgIpc) is 2.32. The van der Waals surface area contributed by atoms with Crippen LogP contribution in [-0.4, -0.2) is 34.6 Å². The number of nitrogens with one attached hydrogen (secondary N) is 2. The van der Waals surface area contributed by atoms with E-state index in [1.165, 1.54) is 12.1 Å².